The van der Waals surface area contributed by atoms with E-state index in [0.29, 0.717) is 5.92 Å². The SMILES string of the molecule is Cn1c(=O)n(C)c2cc(C(O)CC3CCC3)ccc21. The standard InChI is InChI=1S/C15H20N2O2/c1-16-12-7-6-11(9-13(12)17(2)15(16)19)14(18)8-10-4-3-5-10/h6-7,9-10,14,18H,3-5,8H2,1-2H3. The zero-order chi connectivity index (χ0) is 13.6. The summed E-state index contributed by atoms with van der Waals surface area (Å²) in [6, 6.07) is 5.81. The number of aliphatic hydroxyl groups is 1. The molecule has 0 aliphatic heterocycles. The van der Waals surface area contributed by atoms with E-state index in [0.717, 1.165) is 23.0 Å². The third-order valence-electron chi connectivity index (χ3n) is 4.46. The molecule has 4 heteroatoms. The fraction of sp³-hybridized carbons (Fsp3) is 0.533. The molecule has 0 amide bonds. The third kappa shape index (κ3) is 2.00. The van der Waals surface area contributed by atoms with Crippen molar-refractivity contribution in [2.24, 2.45) is 20.0 Å². The van der Waals surface area contributed by atoms with Crippen LogP contribution in [0.1, 0.15) is 37.4 Å². The van der Waals surface area contributed by atoms with Crippen molar-refractivity contribution in [3.05, 3.63) is 34.2 Å². The fourth-order valence-electron chi connectivity index (χ4n) is 2.91. The summed E-state index contributed by atoms with van der Waals surface area (Å²) in [5.74, 6) is 0.672. The fourth-order valence-corrected chi connectivity index (χ4v) is 2.91. The van der Waals surface area contributed by atoms with Gasteiger partial charge in [0.05, 0.1) is 17.1 Å². The Morgan fingerprint density at radius 2 is 1.95 bits per heavy atom. The lowest BCUT2D eigenvalue weighted by Gasteiger charge is -2.27. The Kier molecular flexibility index (Phi) is 2.97. The van der Waals surface area contributed by atoms with Crippen molar-refractivity contribution in [1.82, 2.24) is 9.13 Å². The van der Waals surface area contributed by atoms with Gasteiger partial charge in [0.2, 0.25) is 0 Å². The maximum Gasteiger partial charge on any atom is 0.328 e. The Balaban J connectivity index is 1.96. The van der Waals surface area contributed by atoms with E-state index in [1.807, 2.05) is 18.2 Å². The van der Waals surface area contributed by atoms with Gasteiger partial charge in [0.15, 0.2) is 0 Å². The Morgan fingerprint density at radius 1 is 1.26 bits per heavy atom. The van der Waals surface area contributed by atoms with Gasteiger partial charge in [-0.15, -0.1) is 0 Å². The van der Waals surface area contributed by atoms with Crippen molar-refractivity contribution in [3.8, 4) is 0 Å². The van der Waals surface area contributed by atoms with Crippen molar-refractivity contribution >= 4 is 11.0 Å². The van der Waals surface area contributed by atoms with Gasteiger partial charge in [-0.05, 0) is 30.0 Å². The smallest absolute Gasteiger partial charge is 0.328 e. The van der Waals surface area contributed by atoms with E-state index >= 15 is 0 Å². The molecule has 1 saturated carbocycles. The highest BCUT2D eigenvalue weighted by molar-refractivity contribution is 5.76. The molecule has 1 heterocycles. The number of aryl methyl sites for hydroxylation is 2. The van der Waals surface area contributed by atoms with Crippen LogP contribution in [0.5, 0.6) is 0 Å². The first-order valence-electron chi connectivity index (χ1n) is 6.91. The highest BCUT2D eigenvalue weighted by Gasteiger charge is 2.22. The number of benzene rings is 1. The highest BCUT2D eigenvalue weighted by Crippen LogP contribution is 2.35. The Morgan fingerprint density at radius 3 is 2.58 bits per heavy atom. The maximum absolute atomic E-state index is 11.9. The van der Waals surface area contributed by atoms with Crippen molar-refractivity contribution in [3.63, 3.8) is 0 Å². The first kappa shape index (κ1) is 12.5. The molecular weight excluding hydrogens is 240 g/mol. The molecule has 1 aromatic carbocycles. The monoisotopic (exact) mass is 260 g/mol. The minimum atomic E-state index is -0.412. The summed E-state index contributed by atoms with van der Waals surface area (Å²) in [7, 11) is 3.54. The van der Waals surface area contributed by atoms with Crippen molar-refractivity contribution in [2.75, 3.05) is 0 Å². The number of hydrogen-bond acceptors (Lipinski definition) is 2. The molecule has 0 saturated heterocycles. The molecule has 0 radical (unpaired) electrons. The maximum atomic E-state index is 11.9. The van der Waals surface area contributed by atoms with Gasteiger partial charge < -0.3 is 5.11 Å². The molecule has 1 aliphatic rings. The van der Waals surface area contributed by atoms with E-state index in [1.165, 1.54) is 19.3 Å². The van der Waals surface area contributed by atoms with Gasteiger partial charge in [-0.3, -0.25) is 9.13 Å². The molecule has 4 nitrogen and oxygen atoms in total. The van der Waals surface area contributed by atoms with Gasteiger partial charge in [0.1, 0.15) is 0 Å². The first-order valence-corrected chi connectivity index (χ1v) is 6.91. The number of rotatable bonds is 3. The average molecular weight is 260 g/mol. The third-order valence-corrected chi connectivity index (χ3v) is 4.46. The average Bonchev–Trinajstić information content (AvgIpc) is 2.58. The van der Waals surface area contributed by atoms with Gasteiger partial charge in [-0.2, -0.15) is 0 Å². The molecule has 3 rings (SSSR count). The Labute approximate surface area is 112 Å². The summed E-state index contributed by atoms with van der Waals surface area (Å²) in [5, 5.41) is 10.3. The lowest BCUT2D eigenvalue weighted by molar-refractivity contribution is 0.118. The molecule has 1 aromatic heterocycles. The molecule has 1 atom stereocenters. The molecule has 19 heavy (non-hydrogen) atoms. The number of nitrogens with zero attached hydrogens (tertiary/aromatic N) is 2. The van der Waals surface area contributed by atoms with Crippen LogP contribution in [0.4, 0.5) is 0 Å². The topological polar surface area (TPSA) is 47.2 Å². The summed E-state index contributed by atoms with van der Waals surface area (Å²) < 4.78 is 3.27. The first-order chi connectivity index (χ1) is 9.08. The van der Waals surface area contributed by atoms with Crippen LogP contribution >= 0.6 is 0 Å². The van der Waals surface area contributed by atoms with Crippen molar-refractivity contribution in [1.29, 1.82) is 0 Å². The summed E-state index contributed by atoms with van der Waals surface area (Å²) in [4.78, 5) is 11.9. The summed E-state index contributed by atoms with van der Waals surface area (Å²) >= 11 is 0. The lowest BCUT2D eigenvalue weighted by atomic mass is 9.80. The number of aromatic nitrogens is 2. The molecule has 102 valence electrons. The Hall–Kier alpha value is -1.55. The molecule has 0 bridgehead atoms. The van der Waals surface area contributed by atoms with E-state index in [2.05, 4.69) is 0 Å². The molecule has 1 fully saturated rings. The minimum absolute atomic E-state index is 0.0272. The molecule has 2 aromatic rings. The van der Waals surface area contributed by atoms with Crippen LogP contribution in [0.3, 0.4) is 0 Å². The van der Waals surface area contributed by atoms with Crippen molar-refractivity contribution < 1.29 is 5.11 Å². The van der Waals surface area contributed by atoms with Gasteiger partial charge in [0, 0.05) is 14.1 Å². The molecule has 1 N–H and O–H groups in total. The van der Waals surface area contributed by atoms with Crippen LogP contribution in [0.25, 0.3) is 11.0 Å². The summed E-state index contributed by atoms with van der Waals surface area (Å²) in [6.07, 6.45) is 4.20. The van der Waals surface area contributed by atoms with Crippen LogP contribution < -0.4 is 5.69 Å². The number of fused-ring (bicyclic) bond motifs is 1. The second-order valence-electron chi connectivity index (χ2n) is 5.70. The van der Waals surface area contributed by atoms with Gasteiger partial charge >= 0.3 is 5.69 Å². The molecule has 0 spiro atoms. The number of imidazole rings is 1. The van der Waals surface area contributed by atoms with Crippen LogP contribution in [0, 0.1) is 5.92 Å². The van der Waals surface area contributed by atoms with Crippen LogP contribution in [-0.2, 0) is 14.1 Å². The van der Waals surface area contributed by atoms with E-state index < -0.39 is 6.10 Å². The second kappa shape index (κ2) is 4.53. The summed E-state index contributed by atoms with van der Waals surface area (Å²) in [5.41, 5.74) is 2.69. The Bertz CT molecular complexity index is 665. The summed E-state index contributed by atoms with van der Waals surface area (Å²) in [6.45, 7) is 0. The van der Waals surface area contributed by atoms with Gasteiger partial charge in [0.25, 0.3) is 0 Å². The van der Waals surface area contributed by atoms with Gasteiger partial charge in [-0.25, -0.2) is 4.79 Å². The zero-order valence-electron chi connectivity index (χ0n) is 11.5. The van der Waals surface area contributed by atoms with Crippen molar-refractivity contribution in [2.45, 2.75) is 31.8 Å². The van der Waals surface area contributed by atoms with E-state index in [4.69, 9.17) is 0 Å². The largest absolute Gasteiger partial charge is 0.388 e. The van der Waals surface area contributed by atoms with Crippen LogP contribution in [0.2, 0.25) is 0 Å². The van der Waals surface area contributed by atoms with Crippen LogP contribution in [-0.4, -0.2) is 14.2 Å². The molecular formula is C15H20N2O2. The van der Waals surface area contributed by atoms with Gasteiger partial charge in [-0.1, -0.05) is 25.3 Å². The van der Waals surface area contributed by atoms with Crippen LogP contribution in [0.15, 0.2) is 23.0 Å². The lowest BCUT2D eigenvalue weighted by Crippen LogP contribution is -2.19. The normalized spacial score (nSPS) is 17.6. The number of aliphatic hydroxyl groups excluding tert-OH is 1. The predicted octanol–water partition coefficient (Wildman–Crippen LogP) is 2.10. The molecule has 1 unspecified atom stereocenters. The van der Waals surface area contributed by atoms with E-state index in [9.17, 15) is 9.90 Å². The zero-order valence-corrected chi connectivity index (χ0v) is 11.5. The molecule has 1 aliphatic carbocycles. The quantitative estimate of drug-likeness (QED) is 0.918. The number of hydrogen-bond donors (Lipinski definition) is 1. The van der Waals surface area contributed by atoms with E-state index in [1.54, 1.807) is 23.2 Å². The highest BCUT2D eigenvalue weighted by atomic mass is 16.3. The minimum Gasteiger partial charge on any atom is -0.388 e. The second-order valence-corrected chi connectivity index (χ2v) is 5.70. The predicted molar refractivity (Wildman–Crippen MR) is 75.1 cm³/mol. The van der Waals surface area contributed by atoms with E-state index in [-0.39, 0.29) is 5.69 Å².